The van der Waals surface area contributed by atoms with E-state index < -0.39 is 21.6 Å². The monoisotopic (exact) mass is 445 g/mol. The lowest BCUT2D eigenvalue weighted by Gasteiger charge is -1.98. The smallest absolute Gasteiger partial charge is 0.319 e. The Morgan fingerprint density at radius 1 is 1.13 bits per heavy atom. The number of benzene rings is 1. The van der Waals surface area contributed by atoms with Crippen LogP contribution in [0.5, 0.6) is 11.5 Å². The first-order chi connectivity index (χ1) is 14.8. The van der Waals surface area contributed by atoms with Crippen molar-refractivity contribution in [3.05, 3.63) is 64.8 Å². The van der Waals surface area contributed by atoms with Crippen molar-refractivity contribution in [1.29, 1.82) is 0 Å². The number of carboxylic acid groups (broad SMARTS) is 1. The van der Waals surface area contributed by atoms with Gasteiger partial charge in [0.05, 0.1) is 12.1 Å². The summed E-state index contributed by atoms with van der Waals surface area (Å²) in [6, 6.07) is 8.98. The lowest BCUT2D eigenvalue weighted by molar-refractivity contribution is -0.134. The Hall–Kier alpha value is -3.53. The van der Waals surface area contributed by atoms with E-state index in [0.29, 0.717) is 46.8 Å². The zero-order valence-electron chi connectivity index (χ0n) is 16.5. The van der Waals surface area contributed by atoms with Crippen molar-refractivity contribution in [3.63, 3.8) is 0 Å². The van der Waals surface area contributed by atoms with Crippen LogP contribution in [0.1, 0.15) is 23.0 Å². The van der Waals surface area contributed by atoms with Crippen molar-refractivity contribution in [1.82, 2.24) is 4.98 Å². The van der Waals surface area contributed by atoms with Crippen molar-refractivity contribution >= 4 is 15.8 Å². The summed E-state index contributed by atoms with van der Waals surface area (Å²) in [4.78, 5) is 15.1. The van der Waals surface area contributed by atoms with Crippen LogP contribution >= 0.6 is 0 Å². The average Bonchev–Trinajstić information content (AvgIpc) is 3.41. The molecule has 0 atom stereocenters. The molecule has 0 spiro atoms. The first kappa shape index (κ1) is 20.7. The molecule has 0 aliphatic carbocycles. The van der Waals surface area contributed by atoms with Gasteiger partial charge in [0.2, 0.25) is 12.7 Å². The number of oxazole rings is 1. The molecule has 0 amide bonds. The number of carbonyl (C=O) groups is 1. The highest BCUT2D eigenvalue weighted by Gasteiger charge is 2.18. The van der Waals surface area contributed by atoms with Gasteiger partial charge < -0.3 is 23.4 Å². The molecule has 9 nitrogen and oxygen atoms in total. The van der Waals surface area contributed by atoms with Crippen LogP contribution in [0.4, 0.5) is 0 Å². The van der Waals surface area contributed by atoms with Gasteiger partial charge in [-0.2, -0.15) is 0 Å². The summed E-state index contributed by atoms with van der Waals surface area (Å²) in [5.41, 5.74) is 1.49. The number of nitrogens with zero attached hydrogens (tertiary/aromatic N) is 1. The number of allylic oxidation sites excluding steroid dienone is 1. The Balaban J connectivity index is 1.43. The number of carboxylic acids is 1. The molecule has 3 heterocycles. The third-order valence-corrected chi connectivity index (χ3v) is 5.77. The molecule has 0 bridgehead atoms. The molecule has 0 saturated carbocycles. The van der Waals surface area contributed by atoms with Gasteiger partial charge in [-0.25, -0.2) is 13.4 Å². The Kier molecular flexibility index (Phi) is 5.55. The topological polar surface area (TPSA) is 129 Å². The second-order valence-corrected chi connectivity index (χ2v) is 8.80. The molecule has 10 heteroatoms. The number of aromatic nitrogens is 1. The van der Waals surface area contributed by atoms with Crippen molar-refractivity contribution < 1.29 is 36.6 Å². The van der Waals surface area contributed by atoms with Crippen LogP contribution in [-0.2, 0) is 27.5 Å². The van der Waals surface area contributed by atoms with Crippen molar-refractivity contribution in [2.45, 2.75) is 19.8 Å². The minimum Gasteiger partial charge on any atom is -0.480 e. The van der Waals surface area contributed by atoms with E-state index in [9.17, 15) is 13.2 Å². The van der Waals surface area contributed by atoms with Crippen LogP contribution in [-0.4, -0.2) is 37.0 Å². The van der Waals surface area contributed by atoms with E-state index in [0.717, 1.165) is 11.0 Å². The van der Waals surface area contributed by atoms with Crippen molar-refractivity contribution in [2.24, 2.45) is 0 Å². The molecule has 1 N–H and O–H groups in total. The minimum atomic E-state index is -3.79. The van der Waals surface area contributed by atoms with Gasteiger partial charge in [-0.3, -0.25) is 4.79 Å². The molecule has 3 aromatic rings. The molecule has 1 aromatic carbocycles. The van der Waals surface area contributed by atoms with Crippen LogP contribution in [0, 0.1) is 6.92 Å². The molecular weight excluding hydrogens is 426 g/mol. The number of sulfone groups is 1. The van der Waals surface area contributed by atoms with Gasteiger partial charge in [0.25, 0.3) is 0 Å². The molecule has 0 radical (unpaired) electrons. The van der Waals surface area contributed by atoms with Gasteiger partial charge >= 0.3 is 5.97 Å². The number of aryl methyl sites for hydroxylation is 1. The fourth-order valence-electron chi connectivity index (χ4n) is 3.07. The normalized spacial score (nSPS) is 13.2. The van der Waals surface area contributed by atoms with E-state index in [1.807, 2.05) is 19.1 Å². The lowest BCUT2D eigenvalue weighted by atomic mass is 10.2. The van der Waals surface area contributed by atoms with Crippen LogP contribution in [0.3, 0.4) is 0 Å². The number of rotatable bonds is 8. The number of hydrogen-bond donors (Lipinski definition) is 1. The molecule has 0 saturated heterocycles. The SMILES string of the molecule is Cc1oc(-c2ccc3c(c2)OCO3)nc1Cc1ccc(CC=CS(=O)(=O)CC(=O)O)o1. The summed E-state index contributed by atoms with van der Waals surface area (Å²) < 4.78 is 45.4. The highest BCUT2D eigenvalue weighted by Crippen LogP contribution is 2.36. The van der Waals surface area contributed by atoms with E-state index in [4.69, 9.17) is 23.4 Å². The van der Waals surface area contributed by atoms with Gasteiger partial charge in [-0.15, -0.1) is 0 Å². The van der Waals surface area contributed by atoms with E-state index in [1.165, 1.54) is 6.08 Å². The van der Waals surface area contributed by atoms with Gasteiger partial charge in [0.1, 0.15) is 17.3 Å². The first-order valence-electron chi connectivity index (χ1n) is 9.34. The van der Waals surface area contributed by atoms with Gasteiger partial charge in [-0.05, 0) is 37.3 Å². The number of fused-ring (bicyclic) bond motifs is 1. The molecule has 1 aliphatic heterocycles. The molecule has 31 heavy (non-hydrogen) atoms. The summed E-state index contributed by atoms with van der Waals surface area (Å²) in [5, 5.41) is 9.48. The molecule has 0 unspecified atom stereocenters. The maximum Gasteiger partial charge on any atom is 0.319 e. The largest absolute Gasteiger partial charge is 0.480 e. The van der Waals surface area contributed by atoms with Crippen LogP contribution in [0.25, 0.3) is 11.5 Å². The summed E-state index contributed by atoms with van der Waals surface area (Å²) in [6.07, 6.45) is 1.99. The summed E-state index contributed by atoms with van der Waals surface area (Å²) in [5.74, 6) is 1.30. The maximum absolute atomic E-state index is 11.6. The van der Waals surface area contributed by atoms with Crippen LogP contribution in [0.15, 0.2) is 50.7 Å². The second-order valence-electron chi connectivity index (χ2n) is 6.91. The number of ether oxygens (including phenoxy) is 2. The summed E-state index contributed by atoms with van der Waals surface area (Å²) >= 11 is 0. The van der Waals surface area contributed by atoms with E-state index in [-0.39, 0.29) is 13.2 Å². The second kappa shape index (κ2) is 8.31. The molecule has 4 rings (SSSR count). The quantitative estimate of drug-likeness (QED) is 0.556. The molecule has 162 valence electrons. The van der Waals surface area contributed by atoms with Gasteiger partial charge in [0.15, 0.2) is 27.1 Å². The average molecular weight is 445 g/mol. The zero-order valence-corrected chi connectivity index (χ0v) is 17.3. The van der Waals surface area contributed by atoms with Crippen LogP contribution < -0.4 is 9.47 Å². The standard InChI is InChI=1S/C21H19NO8S/c1-13-17(22-21(29-13)14-4-7-18-19(9-14)28-12-27-18)10-16-6-5-15(30-16)3-2-8-31(25,26)11-20(23)24/h2,4-9H,3,10-12H2,1H3,(H,23,24). The zero-order chi connectivity index (χ0) is 22.0. The fraction of sp³-hybridized carbons (Fsp3) is 0.238. The van der Waals surface area contributed by atoms with E-state index in [2.05, 4.69) is 4.98 Å². The van der Waals surface area contributed by atoms with E-state index in [1.54, 1.807) is 18.2 Å². The minimum absolute atomic E-state index is 0.191. The molecule has 2 aromatic heterocycles. The Bertz CT molecular complexity index is 1250. The lowest BCUT2D eigenvalue weighted by Crippen LogP contribution is -2.12. The first-order valence-corrected chi connectivity index (χ1v) is 11.1. The highest BCUT2D eigenvalue weighted by atomic mass is 32.2. The fourth-order valence-corrected chi connectivity index (χ4v) is 3.90. The van der Waals surface area contributed by atoms with Crippen molar-refractivity contribution in [2.75, 3.05) is 12.5 Å². The van der Waals surface area contributed by atoms with E-state index >= 15 is 0 Å². The summed E-state index contributed by atoms with van der Waals surface area (Å²) in [6.45, 7) is 2.01. The molecule has 0 fully saturated rings. The predicted octanol–water partition coefficient (Wildman–Crippen LogP) is 3.12. The Morgan fingerprint density at radius 2 is 1.90 bits per heavy atom. The van der Waals surface area contributed by atoms with Gasteiger partial charge in [-0.1, -0.05) is 6.08 Å². The predicted molar refractivity (Wildman–Crippen MR) is 109 cm³/mol. The number of aliphatic carboxylic acids is 1. The highest BCUT2D eigenvalue weighted by molar-refractivity contribution is 7.94. The molecular formula is C21H19NO8S. The number of hydrogen-bond acceptors (Lipinski definition) is 8. The third kappa shape index (κ3) is 4.97. The third-order valence-electron chi connectivity index (χ3n) is 4.52. The van der Waals surface area contributed by atoms with Gasteiger partial charge in [0, 0.05) is 17.4 Å². The Morgan fingerprint density at radius 3 is 2.71 bits per heavy atom. The molecule has 1 aliphatic rings. The Labute approximate surface area is 177 Å². The number of furan rings is 1. The summed E-state index contributed by atoms with van der Waals surface area (Å²) in [7, 11) is -3.79. The van der Waals surface area contributed by atoms with Crippen LogP contribution in [0.2, 0.25) is 0 Å². The maximum atomic E-state index is 11.6. The van der Waals surface area contributed by atoms with Crippen molar-refractivity contribution in [3.8, 4) is 23.0 Å².